The smallest absolute Gasteiger partial charge is 0.324 e. The van der Waals surface area contributed by atoms with E-state index in [1.54, 1.807) is 6.08 Å². The van der Waals surface area contributed by atoms with Crippen LogP contribution in [0.4, 0.5) is 14.6 Å². The monoisotopic (exact) mass is 461 g/mol. The molecule has 34 heavy (non-hydrogen) atoms. The third kappa shape index (κ3) is 4.54. The van der Waals surface area contributed by atoms with Gasteiger partial charge in [0.25, 0.3) is 0 Å². The van der Waals surface area contributed by atoms with Crippen LogP contribution in [0.3, 0.4) is 0 Å². The minimum Gasteiger partial charge on any atom is -0.421 e. The summed E-state index contributed by atoms with van der Waals surface area (Å²) in [5.74, 6) is -0.223. The predicted octanol–water partition coefficient (Wildman–Crippen LogP) is 5.21. The van der Waals surface area contributed by atoms with Gasteiger partial charge in [-0.1, -0.05) is 29.9 Å². The number of hydrogen-bond acceptors (Lipinski definition) is 6. The molecule has 2 N–H and O–H groups in total. The molecule has 5 rings (SSSR count). The first kappa shape index (κ1) is 22.2. The lowest BCUT2D eigenvalue weighted by Crippen LogP contribution is -2.20. The molecule has 0 spiro atoms. The third-order valence-electron chi connectivity index (χ3n) is 5.86. The van der Waals surface area contributed by atoms with E-state index in [-0.39, 0.29) is 17.3 Å². The fourth-order valence-electron chi connectivity index (χ4n) is 4.26. The van der Waals surface area contributed by atoms with Gasteiger partial charge >= 0.3 is 6.01 Å². The molecule has 2 aliphatic heterocycles. The van der Waals surface area contributed by atoms with Crippen LogP contribution in [0.25, 0.3) is 11.6 Å². The van der Waals surface area contributed by atoms with Crippen LogP contribution >= 0.6 is 0 Å². The molecule has 0 radical (unpaired) electrons. The summed E-state index contributed by atoms with van der Waals surface area (Å²) in [4.78, 5) is 13.4. The maximum Gasteiger partial charge on any atom is 0.324 e. The summed E-state index contributed by atoms with van der Waals surface area (Å²) in [6.07, 6.45) is 10.8. The van der Waals surface area contributed by atoms with Gasteiger partial charge < -0.3 is 15.4 Å². The minimum atomic E-state index is -0.614. The molecule has 3 heterocycles. The largest absolute Gasteiger partial charge is 0.421 e. The summed E-state index contributed by atoms with van der Waals surface area (Å²) in [5.41, 5.74) is 4.26. The van der Waals surface area contributed by atoms with Crippen LogP contribution in [0.2, 0.25) is 0 Å². The number of amidine groups is 1. The van der Waals surface area contributed by atoms with Crippen molar-refractivity contribution >= 4 is 23.3 Å². The fraction of sp³-hybridized carbons (Fsp3) is 0.269. The van der Waals surface area contributed by atoms with Crippen molar-refractivity contribution < 1.29 is 13.5 Å². The van der Waals surface area contributed by atoms with Gasteiger partial charge in [-0.2, -0.15) is 9.97 Å². The molecule has 0 unspecified atom stereocenters. The molecule has 2 aromatic rings. The Morgan fingerprint density at radius 1 is 1.18 bits per heavy atom. The molecule has 3 aliphatic rings. The summed E-state index contributed by atoms with van der Waals surface area (Å²) >= 11 is 0. The van der Waals surface area contributed by atoms with Crippen LogP contribution in [0, 0.1) is 11.6 Å². The number of aliphatic imine (C=N–C) groups is 1. The highest BCUT2D eigenvalue weighted by Crippen LogP contribution is 2.36. The van der Waals surface area contributed by atoms with Crippen LogP contribution in [-0.4, -0.2) is 35.4 Å². The van der Waals surface area contributed by atoms with E-state index in [1.807, 2.05) is 38.1 Å². The van der Waals surface area contributed by atoms with Crippen molar-refractivity contribution in [3.63, 3.8) is 0 Å². The standard InChI is InChI=1S/C26H25F2N5O/c1-3-4-16-11-23(30-14-16)32-24-13-21(17-5-7-29-8-6-17)31-26(33-24)34-22-12-20(27)18-9-15(2)10-19(18)25(22)28/h3-5,10-13,29H,6-9,14H2,1-2H3,(H,30,31,32,33)/b4-3+. The van der Waals surface area contributed by atoms with E-state index in [1.165, 1.54) is 0 Å². The SMILES string of the molecule is C/C=C/C1=CC(Nc2cc(C3=CCNCC3)nc(Oc3cc(F)c4c(c3F)C=C(C)C4)n2)=NC1. The van der Waals surface area contributed by atoms with Gasteiger partial charge in [-0.3, -0.25) is 4.99 Å². The van der Waals surface area contributed by atoms with Gasteiger partial charge in [0, 0.05) is 29.8 Å². The number of rotatable bonds is 5. The Bertz CT molecular complexity index is 1310. The Morgan fingerprint density at radius 3 is 2.85 bits per heavy atom. The Balaban J connectivity index is 1.50. The van der Waals surface area contributed by atoms with Gasteiger partial charge in [-0.25, -0.2) is 8.78 Å². The molecule has 0 atom stereocenters. The van der Waals surface area contributed by atoms with Crippen molar-refractivity contribution in [2.45, 2.75) is 26.7 Å². The maximum absolute atomic E-state index is 15.2. The topological polar surface area (TPSA) is 71.4 Å². The van der Waals surface area contributed by atoms with E-state index in [0.717, 1.165) is 42.3 Å². The summed E-state index contributed by atoms with van der Waals surface area (Å²) in [6.45, 7) is 5.94. The number of fused-ring (bicyclic) bond motifs is 1. The minimum absolute atomic E-state index is 0.0624. The van der Waals surface area contributed by atoms with Gasteiger partial charge in [0.15, 0.2) is 11.6 Å². The van der Waals surface area contributed by atoms with Gasteiger partial charge in [-0.15, -0.1) is 0 Å². The van der Waals surface area contributed by atoms with E-state index in [4.69, 9.17) is 4.74 Å². The van der Waals surface area contributed by atoms with Gasteiger partial charge in [0.05, 0.1) is 12.2 Å². The van der Waals surface area contributed by atoms with E-state index in [0.29, 0.717) is 35.9 Å². The number of hydrogen-bond donors (Lipinski definition) is 2. The number of benzene rings is 1. The summed E-state index contributed by atoms with van der Waals surface area (Å²) in [6, 6.07) is 2.83. The molecular formula is C26H25F2N5O. The second-order valence-electron chi connectivity index (χ2n) is 8.48. The first-order valence-electron chi connectivity index (χ1n) is 11.3. The second-order valence-corrected chi connectivity index (χ2v) is 8.48. The number of anilines is 1. The molecule has 1 aliphatic carbocycles. The number of allylic oxidation sites excluding steroid dienone is 2. The summed E-state index contributed by atoms with van der Waals surface area (Å²) in [5, 5.41) is 6.47. The number of ether oxygens (including phenoxy) is 1. The second kappa shape index (κ2) is 9.30. The van der Waals surface area contributed by atoms with Crippen molar-refractivity contribution in [1.82, 2.24) is 15.3 Å². The molecule has 0 fully saturated rings. The van der Waals surface area contributed by atoms with Crippen LogP contribution in [0.15, 0.2) is 52.6 Å². The third-order valence-corrected chi connectivity index (χ3v) is 5.86. The van der Waals surface area contributed by atoms with E-state index < -0.39 is 11.6 Å². The summed E-state index contributed by atoms with van der Waals surface area (Å²) in [7, 11) is 0. The zero-order chi connectivity index (χ0) is 23.7. The van der Waals surface area contributed by atoms with Crippen LogP contribution in [-0.2, 0) is 6.42 Å². The molecule has 0 amide bonds. The van der Waals surface area contributed by atoms with Crippen LogP contribution in [0.1, 0.15) is 37.1 Å². The number of nitrogens with zero attached hydrogens (tertiary/aromatic N) is 3. The number of nitrogens with one attached hydrogen (secondary N) is 2. The van der Waals surface area contributed by atoms with E-state index in [2.05, 4.69) is 31.7 Å². The van der Waals surface area contributed by atoms with Gasteiger partial charge in [-0.05, 0) is 50.5 Å². The average Bonchev–Trinajstić information content (AvgIpc) is 3.44. The van der Waals surface area contributed by atoms with Gasteiger partial charge in [0.2, 0.25) is 0 Å². The Kier molecular flexibility index (Phi) is 6.06. The molecule has 1 aromatic carbocycles. The van der Waals surface area contributed by atoms with E-state index >= 15 is 4.39 Å². The fourth-order valence-corrected chi connectivity index (χ4v) is 4.26. The van der Waals surface area contributed by atoms with Crippen molar-refractivity contribution in [2.75, 3.05) is 25.0 Å². The highest BCUT2D eigenvalue weighted by atomic mass is 19.1. The van der Waals surface area contributed by atoms with Crippen molar-refractivity contribution in [3.05, 3.63) is 76.0 Å². The van der Waals surface area contributed by atoms with E-state index in [9.17, 15) is 4.39 Å². The Labute approximate surface area is 196 Å². The normalized spacial score (nSPS) is 17.3. The van der Waals surface area contributed by atoms with Crippen molar-refractivity contribution in [1.29, 1.82) is 0 Å². The summed E-state index contributed by atoms with van der Waals surface area (Å²) < 4.78 is 35.5. The highest BCUT2D eigenvalue weighted by Gasteiger charge is 2.24. The molecule has 174 valence electrons. The number of aromatic nitrogens is 2. The quantitative estimate of drug-likeness (QED) is 0.640. The Morgan fingerprint density at radius 2 is 2.06 bits per heavy atom. The molecule has 8 heteroatoms. The first-order valence-corrected chi connectivity index (χ1v) is 11.3. The zero-order valence-electron chi connectivity index (χ0n) is 19.1. The molecule has 0 bridgehead atoms. The molecule has 1 aromatic heterocycles. The lowest BCUT2D eigenvalue weighted by atomic mass is 10.1. The Hall–Kier alpha value is -3.65. The predicted molar refractivity (Wildman–Crippen MR) is 130 cm³/mol. The van der Waals surface area contributed by atoms with Crippen LogP contribution < -0.4 is 15.4 Å². The molecule has 6 nitrogen and oxygen atoms in total. The van der Waals surface area contributed by atoms with Crippen LogP contribution in [0.5, 0.6) is 11.8 Å². The molecular weight excluding hydrogens is 436 g/mol. The lowest BCUT2D eigenvalue weighted by Gasteiger charge is -2.16. The van der Waals surface area contributed by atoms with Crippen molar-refractivity contribution in [3.8, 4) is 11.8 Å². The van der Waals surface area contributed by atoms with Crippen molar-refractivity contribution in [2.24, 2.45) is 4.99 Å². The zero-order valence-corrected chi connectivity index (χ0v) is 19.1. The first-order chi connectivity index (χ1) is 16.5. The highest BCUT2D eigenvalue weighted by molar-refractivity contribution is 6.05. The lowest BCUT2D eigenvalue weighted by molar-refractivity contribution is 0.405. The van der Waals surface area contributed by atoms with Gasteiger partial charge in [0.1, 0.15) is 17.5 Å². The maximum atomic E-state index is 15.2. The molecule has 0 saturated carbocycles. The number of halogens is 2. The average molecular weight is 462 g/mol. The molecule has 0 saturated heterocycles.